The predicted octanol–water partition coefficient (Wildman–Crippen LogP) is 0.747. The Morgan fingerprint density at radius 2 is 1.88 bits per heavy atom. The summed E-state index contributed by atoms with van der Waals surface area (Å²) in [6.07, 6.45) is -0.434. The molecule has 176 valence electrons. The summed E-state index contributed by atoms with van der Waals surface area (Å²) in [6.45, 7) is 1.82. The number of nitrogen functional groups attached to an aromatic ring is 1. The molecule has 0 aliphatic carbocycles. The molecule has 5 rings (SSSR count). The van der Waals surface area contributed by atoms with Gasteiger partial charge in [-0.2, -0.15) is 0 Å². The van der Waals surface area contributed by atoms with Crippen LogP contribution in [0.3, 0.4) is 0 Å². The predicted molar refractivity (Wildman–Crippen MR) is 127 cm³/mol. The normalized spacial score (nSPS) is 16.4. The molecule has 3 aromatic carbocycles. The highest BCUT2D eigenvalue weighted by molar-refractivity contribution is 5.99. The van der Waals surface area contributed by atoms with Crippen LogP contribution in [0.4, 0.5) is 17.1 Å². The van der Waals surface area contributed by atoms with Crippen molar-refractivity contribution in [3.63, 3.8) is 0 Å². The standard InChI is InChI=1S/C14H15N3O2.C10H9NO4/c15-6-8-1-2-9-3-4-17(7-10(9)5-8)12-11(16)13(18)14(12)19;12-9(13)5-8-10(14)11-6-3-1-2-4-7(6)15-8/h1-2,5H,3-4,6-7,15-16H2;1-4,8H,5H2,(H,11,14)(H,12,13). The zero-order valence-corrected chi connectivity index (χ0v) is 18.2. The largest absolute Gasteiger partial charge is 0.481 e. The van der Waals surface area contributed by atoms with E-state index >= 15 is 0 Å². The number of ether oxygens (including phenoxy) is 1. The highest BCUT2D eigenvalue weighted by Gasteiger charge is 2.29. The van der Waals surface area contributed by atoms with E-state index in [0.29, 0.717) is 36.8 Å². The molecule has 0 aromatic heterocycles. The lowest BCUT2D eigenvalue weighted by Gasteiger charge is -2.31. The zero-order valence-electron chi connectivity index (χ0n) is 18.2. The zero-order chi connectivity index (χ0) is 24.4. The van der Waals surface area contributed by atoms with Crippen molar-refractivity contribution in [3.8, 4) is 5.75 Å². The van der Waals surface area contributed by atoms with Crippen LogP contribution in [0.15, 0.2) is 52.1 Å². The molecule has 2 aliphatic heterocycles. The first-order valence-corrected chi connectivity index (χ1v) is 10.7. The van der Waals surface area contributed by atoms with E-state index in [0.717, 1.165) is 17.5 Å². The smallest absolute Gasteiger partial charge is 0.307 e. The van der Waals surface area contributed by atoms with E-state index in [-0.39, 0.29) is 12.1 Å². The number of carbonyl (C=O) groups excluding carboxylic acids is 1. The number of anilines is 3. The number of hydrogen-bond donors (Lipinski definition) is 4. The number of hydrogen-bond acceptors (Lipinski definition) is 8. The molecular weight excluding hydrogens is 440 g/mol. The van der Waals surface area contributed by atoms with Crippen LogP contribution in [0, 0.1) is 0 Å². The van der Waals surface area contributed by atoms with Crippen molar-refractivity contribution in [2.45, 2.75) is 32.0 Å². The minimum absolute atomic E-state index is 0.100. The maximum atomic E-state index is 11.6. The van der Waals surface area contributed by atoms with Gasteiger partial charge in [0.1, 0.15) is 17.1 Å². The number of amides is 1. The second kappa shape index (κ2) is 9.36. The fraction of sp³-hybridized carbons (Fsp3) is 0.250. The van der Waals surface area contributed by atoms with Gasteiger partial charge in [0.15, 0.2) is 6.10 Å². The van der Waals surface area contributed by atoms with Crippen LogP contribution in [-0.4, -0.2) is 29.6 Å². The van der Waals surface area contributed by atoms with Crippen molar-refractivity contribution >= 4 is 28.9 Å². The molecule has 0 spiro atoms. The number of carbonyl (C=O) groups is 2. The third-order valence-corrected chi connectivity index (χ3v) is 5.82. The SMILES string of the molecule is NCc1ccc2c(c1)CN(c1c(N)c(=O)c1=O)CC2.O=C(O)CC1Oc2ccccc2NC1=O. The molecule has 0 radical (unpaired) electrons. The molecule has 1 amide bonds. The molecule has 1 atom stereocenters. The van der Waals surface area contributed by atoms with E-state index < -0.39 is 28.8 Å². The molecule has 10 nitrogen and oxygen atoms in total. The van der Waals surface area contributed by atoms with Crippen LogP contribution < -0.4 is 37.3 Å². The second-order valence-electron chi connectivity index (χ2n) is 8.09. The van der Waals surface area contributed by atoms with Gasteiger partial charge in [0.05, 0.1) is 12.1 Å². The van der Waals surface area contributed by atoms with Gasteiger partial charge in [-0.05, 0) is 35.2 Å². The number of benzene rings is 2. The molecule has 0 fully saturated rings. The van der Waals surface area contributed by atoms with Crippen LogP contribution in [0.1, 0.15) is 23.1 Å². The van der Waals surface area contributed by atoms with Gasteiger partial charge in [-0.25, -0.2) is 0 Å². The number of nitrogens with two attached hydrogens (primary N) is 2. The van der Waals surface area contributed by atoms with Crippen LogP contribution in [-0.2, 0) is 29.1 Å². The number of nitrogens with one attached hydrogen (secondary N) is 1. The number of carboxylic acid groups (broad SMARTS) is 1. The molecule has 2 heterocycles. The fourth-order valence-corrected chi connectivity index (χ4v) is 4.03. The molecular formula is C24H24N4O6. The molecule has 0 bridgehead atoms. The summed E-state index contributed by atoms with van der Waals surface area (Å²) < 4.78 is 5.26. The van der Waals surface area contributed by atoms with Crippen LogP contribution in [0.5, 0.6) is 5.75 Å². The molecule has 1 unspecified atom stereocenters. The lowest BCUT2D eigenvalue weighted by molar-refractivity contribution is -0.142. The monoisotopic (exact) mass is 464 g/mol. The topological polar surface area (TPSA) is 165 Å². The molecule has 34 heavy (non-hydrogen) atoms. The average Bonchev–Trinajstić information content (AvgIpc) is 2.84. The summed E-state index contributed by atoms with van der Waals surface area (Å²) in [6, 6.07) is 13.1. The Hall–Kier alpha value is -4.18. The van der Waals surface area contributed by atoms with Gasteiger partial charge in [-0.3, -0.25) is 19.2 Å². The molecule has 10 heteroatoms. The van der Waals surface area contributed by atoms with Gasteiger partial charge in [0, 0.05) is 19.6 Å². The Morgan fingerprint density at radius 3 is 2.59 bits per heavy atom. The Bertz CT molecular complexity index is 1330. The number of fused-ring (bicyclic) bond motifs is 2. The minimum atomic E-state index is -1.06. The molecule has 0 saturated heterocycles. The van der Waals surface area contributed by atoms with Crippen molar-refractivity contribution in [1.29, 1.82) is 0 Å². The van der Waals surface area contributed by atoms with Gasteiger partial charge in [0.25, 0.3) is 16.8 Å². The highest BCUT2D eigenvalue weighted by Crippen LogP contribution is 2.29. The summed E-state index contributed by atoms with van der Waals surface area (Å²) >= 11 is 0. The Balaban J connectivity index is 0.000000166. The Labute approximate surface area is 194 Å². The van der Waals surface area contributed by atoms with E-state index in [1.165, 1.54) is 5.56 Å². The third-order valence-electron chi connectivity index (χ3n) is 5.82. The molecule has 3 aromatic rings. The van der Waals surface area contributed by atoms with Crippen molar-refractivity contribution in [2.24, 2.45) is 5.73 Å². The number of nitrogens with zero attached hydrogens (tertiary/aromatic N) is 1. The van der Waals surface area contributed by atoms with Crippen molar-refractivity contribution in [1.82, 2.24) is 0 Å². The van der Waals surface area contributed by atoms with E-state index in [1.54, 1.807) is 24.3 Å². The van der Waals surface area contributed by atoms with Gasteiger partial charge >= 0.3 is 5.97 Å². The molecule has 0 saturated carbocycles. The van der Waals surface area contributed by atoms with E-state index in [1.807, 2.05) is 11.0 Å². The van der Waals surface area contributed by atoms with Crippen LogP contribution >= 0.6 is 0 Å². The van der Waals surface area contributed by atoms with Gasteiger partial charge in [0.2, 0.25) is 0 Å². The lowest BCUT2D eigenvalue weighted by atomic mass is 9.96. The van der Waals surface area contributed by atoms with Gasteiger partial charge in [-0.15, -0.1) is 0 Å². The second-order valence-corrected chi connectivity index (χ2v) is 8.09. The van der Waals surface area contributed by atoms with E-state index in [4.69, 9.17) is 21.3 Å². The average molecular weight is 464 g/mol. The lowest BCUT2D eigenvalue weighted by Crippen LogP contribution is -2.44. The number of rotatable bonds is 4. The van der Waals surface area contributed by atoms with Crippen LogP contribution in [0.25, 0.3) is 0 Å². The Kier molecular flexibility index (Phi) is 6.33. The van der Waals surface area contributed by atoms with E-state index in [2.05, 4.69) is 17.4 Å². The van der Waals surface area contributed by atoms with Crippen molar-refractivity contribution < 1.29 is 19.4 Å². The fourth-order valence-electron chi connectivity index (χ4n) is 4.03. The first kappa shape index (κ1) is 23.0. The summed E-state index contributed by atoms with van der Waals surface area (Å²) in [5, 5.41) is 11.2. The maximum absolute atomic E-state index is 11.6. The summed E-state index contributed by atoms with van der Waals surface area (Å²) in [7, 11) is 0. The van der Waals surface area contributed by atoms with Gasteiger partial charge < -0.3 is 31.5 Å². The first-order valence-electron chi connectivity index (χ1n) is 10.7. The number of carboxylic acids is 1. The van der Waals surface area contributed by atoms with Gasteiger partial charge in [-0.1, -0.05) is 30.3 Å². The quantitative estimate of drug-likeness (QED) is 0.408. The number of aliphatic carboxylic acids is 1. The van der Waals surface area contributed by atoms with Crippen molar-refractivity contribution in [3.05, 3.63) is 79.6 Å². The van der Waals surface area contributed by atoms with E-state index in [9.17, 15) is 19.2 Å². The molecule has 2 aliphatic rings. The first-order chi connectivity index (χ1) is 16.3. The molecule has 6 N–H and O–H groups in total. The maximum Gasteiger partial charge on any atom is 0.307 e. The van der Waals surface area contributed by atoms with Crippen LogP contribution in [0.2, 0.25) is 0 Å². The summed E-state index contributed by atoms with van der Waals surface area (Å²) in [5.41, 5.74) is 14.8. The summed E-state index contributed by atoms with van der Waals surface area (Å²) in [5.74, 6) is -0.978. The van der Waals surface area contributed by atoms with Crippen molar-refractivity contribution in [2.75, 3.05) is 22.5 Å². The highest BCUT2D eigenvalue weighted by atomic mass is 16.5. The summed E-state index contributed by atoms with van der Waals surface area (Å²) in [4.78, 5) is 46.5. The minimum Gasteiger partial charge on any atom is -0.481 e. The third kappa shape index (κ3) is 4.48. The number of para-hydroxylation sites is 2. The Morgan fingerprint density at radius 1 is 1.12 bits per heavy atom.